The van der Waals surface area contributed by atoms with Crippen LogP contribution in [0.15, 0.2) is 34.5 Å². The lowest BCUT2D eigenvalue weighted by Crippen LogP contribution is -2.08. The Kier molecular flexibility index (Phi) is 5.94. The standard InChI is InChI=1S/C18H20ClN5O2/c1-9-5-13(6-10(2)18(9)22-12(4)26)23-24-17-7-14(19)15(20)8-16(17)21-11(3)25/h5-8H,20H2,1-4H3,(H,21,25)(H,22,26). The highest BCUT2D eigenvalue weighted by Gasteiger charge is 2.09. The molecule has 0 aliphatic carbocycles. The van der Waals surface area contributed by atoms with Crippen LogP contribution in [0, 0.1) is 13.8 Å². The minimum absolute atomic E-state index is 0.137. The molecule has 4 N–H and O–H groups in total. The van der Waals surface area contributed by atoms with Crippen molar-refractivity contribution in [3.63, 3.8) is 0 Å². The van der Waals surface area contributed by atoms with Gasteiger partial charge in [-0.1, -0.05) is 11.6 Å². The van der Waals surface area contributed by atoms with Crippen molar-refractivity contribution in [2.45, 2.75) is 27.7 Å². The number of nitrogens with two attached hydrogens (primary N) is 1. The summed E-state index contributed by atoms with van der Waals surface area (Å²) in [5.41, 5.74) is 10.0. The Morgan fingerprint density at radius 2 is 1.54 bits per heavy atom. The first-order valence-corrected chi connectivity index (χ1v) is 8.22. The number of hydrogen-bond acceptors (Lipinski definition) is 5. The van der Waals surface area contributed by atoms with Crippen LogP contribution in [0.4, 0.5) is 28.4 Å². The van der Waals surface area contributed by atoms with Crippen LogP contribution in [0.3, 0.4) is 0 Å². The first kappa shape index (κ1) is 19.4. The molecule has 0 atom stereocenters. The molecule has 26 heavy (non-hydrogen) atoms. The number of hydrogen-bond donors (Lipinski definition) is 3. The number of amides is 2. The smallest absolute Gasteiger partial charge is 0.221 e. The number of carbonyl (C=O) groups is 2. The van der Waals surface area contributed by atoms with Gasteiger partial charge in [0.25, 0.3) is 0 Å². The van der Waals surface area contributed by atoms with E-state index in [0.717, 1.165) is 16.8 Å². The molecule has 0 heterocycles. The zero-order valence-corrected chi connectivity index (χ0v) is 15.7. The normalized spacial score (nSPS) is 10.8. The number of nitrogens with zero attached hydrogens (tertiary/aromatic N) is 2. The monoisotopic (exact) mass is 373 g/mol. The number of nitrogen functional groups attached to an aromatic ring is 1. The summed E-state index contributed by atoms with van der Waals surface area (Å²) in [6, 6.07) is 6.68. The molecule has 0 radical (unpaired) electrons. The van der Waals surface area contributed by atoms with E-state index in [1.807, 2.05) is 13.8 Å². The second-order valence-corrected chi connectivity index (χ2v) is 6.32. The van der Waals surface area contributed by atoms with Crippen molar-refractivity contribution in [3.05, 3.63) is 40.4 Å². The Labute approximate surface area is 156 Å². The molecule has 0 saturated heterocycles. The van der Waals surface area contributed by atoms with E-state index >= 15 is 0 Å². The molecule has 8 heteroatoms. The maximum atomic E-state index is 11.4. The van der Waals surface area contributed by atoms with Crippen molar-refractivity contribution < 1.29 is 9.59 Å². The van der Waals surface area contributed by atoms with Gasteiger partial charge in [0.1, 0.15) is 5.69 Å². The van der Waals surface area contributed by atoms with Crippen LogP contribution in [0.25, 0.3) is 0 Å². The van der Waals surface area contributed by atoms with Crippen LogP contribution in [0.5, 0.6) is 0 Å². The maximum Gasteiger partial charge on any atom is 0.221 e. The number of carbonyl (C=O) groups excluding carboxylic acids is 2. The third-order valence-corrected chi connectivity index (χ3v) is 3.84. The summed E-state index contributed by atoms with van der Waals surface area (Å²) < 4.78 is 0. The van der Waals surface area contributed by atoms with Crippen LogP contribution in [-0.2, 0) is 9.59 Å². The summed E-state index contributed by atoms with van der Waals surface area (Å²) in [5, 5.41) is 14.2. The van der Waals surface area contributed by atoms with Gasteiger partial charge in [0.15, 0.2) is 0 Å². The molecule has 7 nitrogen and oxygen atoms in total. The number of aryl methyl sites for hydroxylation is 2. The van der Waals surface area contributed by atoms with E-state index in [0.29, 0.717) is 27.8 Å². The van der Waals surface area contributed by atoms with E-state index < -0.39 is 0 Å². The highest BCUT2D eigenvalue weighted by atomic mass is 35.5. The fourth-order valence-corrected chi connectivity index (χ4v) is 2.59. The Balaban J connectivity index is 2.39. The summed E-state index contributed by atoms with van der Waals surface area (Å²) in [5.74, 6) is -0.392. The van der Waals surface area contributed by atoms with Gasteiger partial charge in [0.2, 0.25) is 11.8 Å². The van der Waals surface area contributed by atoms with Crippen molar-refractivity contribution in [3.8, 4) is 0 Å². The third kappa shape index (κ3) is 4.80. The predicted octanol–water partition coefficient (Wildman–Crippen LogP) is 4.87. The van der Waals surface area contributed by atoms with E-state index in [2.05, 4.69) is 20.9 Å². The lowest BCUT2D eigenvalue weighted by Gasteiger charge is -2.11. The zero-order valence-electron chi connectivity index (χ0n) is 15.0. The Morgan fingerprint density at radius 3 is 2.08 bits per heavy atom. The number of rotatable bonds is 4. The maximum absolute atomic E-state index is 11.4. The molecule has 0 saturated carbocycles. The quantitative estimate of drug-likeness (QED) is 0.525. The number of nitrogens with one attached hydrogen (secondary N) is 2. The summed E-state index contributed by atoms with van der Waals surface area (Å²) in [4.78, 5) is 22.6. The second-order valence-electron chi connectivity index (χ2n) is 5.91. The zero-order chi connectivity index (χ0) is 19.4. The van der Waals surface area contributed by atoms with Crippen LogP contribution < -0.4 is 16.4 Å². The first-order chi connectivity index (χ1) is 12.2. The second kappa shape index (κ2) is 7.97. The molecule has 0 spiro atoms. The molecule has 0 unspecified atom stereocenters. The molecular weight excluding hydrogens is 354 g/mol. The molecule has 2 rings (SSSR count). The number of benzene rings is 2. The van der Waals surface area contributed by atoms with Gasteiger partial charge in [0.05, 0.1) is 22.1 Å². The van der Waals surface area contributed by atoms with Gasteiger partial charge in [0, 0.05) is 19.5 Å². The van der Waals surface area contributed by atoms with Crippen molar-refractivity contribution in [1.29, 1.82) is 0 Å². The lowest BCUT2D eigenvalue weighted by atomic mass is 10.1. The van der Waals surface area contributed by atoms with E-state index in [1.54, 1.807) is 12.1 Å². The first-order valence-electron chi connectivity index (χ1n) is 7.84. The van der Waals surface area contributed by atoms with Gasteiger partial charge in [-0.3, -0.25) is 9.59 Å². The van der Waals surface area contributed by atoms with Crippen LogP contribution in [-0.4, -0.2) is 11.8 Å². The van der Waals surface area contributed by atoms with Gasteiger partial charge in [-0.2, -0.15) is 5.11 Å². The summed E-state index contributed by atoms with van der Waals surface area (Å²) >= 11 is 6.04. The molecule has 0 aromatic heterocycles. The molecule has 0 aliphatic rings. The van der Waals surface area contributed by atoms with E-state index in [-0.39, 0.29) is 11.8 Å². The van der Waals surface area contributed by atoms with Gasteiger partial charge in [-0.25, -0.2) is 0 Å². The fourth-order valence-electron chi connectivity index (χ4n) is 2.44. The Bertz CT molecular complexity index is 886. The van der Waals surface area contributed by atoms with Crippen LogP contribution >= 0.6 is 11.6 Å². The minimum atomic E-state index is -0.255. The Morgan fingerprint density at radius 1 is 0.962 bits per heavy atom. The van der Waals surface area contributed by atoms with Gasteiger partial charge >= 0.3 is 0 Å². The number of azo groups is 1. The van der Waals surface area contributed by atoms with Crippen LogP contribution in [0.2, 0.25) is 5.02 Å². The van der Waals surface area contributed by atoms with E-state index in [9.17, 15) is 9.59 Å². The predicted molar refractivity (Wildman–Crippen MR) is 105 cm³/mol. The topological polar surface area (TPSA) is 109 Å². The summed E-state index contributed by atoms with van der Waals surface area (Å²) in [6.07, 6.45) is 0. The average molecular weight is 374 g/mol. The van der Waals surface area contributed by atoms with Gasteiger partial charge < -0.3 is 16.4 Å². The van der Waals surface area contributed by atoms with Gasteiger partial charge in [-0.05, 0) is 49.2 Å². The molecule has 2 amide bonds. The molecule has 2 aromatic rings. The molecular formula is C18H20ClN5O2. The third-order valence-electron chi connectivity index (χ3n) is 3.52. The number of anilines is 3. The minimum Gasteiger partial charge on any atom is -0.397 e. The highest BCUT2D eigenvalue weighted by molar-refractivity contribution is 6.33. The Hall–Kier alpha value is -2.93. The molecule has 136 valence electrons. The largest absolute Gasteiger partial charge is 0.397 e. The lowest BCUT2D eigenvalue weighted by molar-refractivity contribution is -0.115. The SMILES string of the molecule is CC(=O)Nc1cc(N)c(Cl)cc1N=Nc1cc(C)c(NC(C)=O)c(C)c1. The number of halogens is 1. The van der Waals surface area contributed by atoms with E-state index in [4.69, 9.17) is 17.3 Å². The van der Waals surface area contributed by atoms with Gasteiger partial charge in [-0.15, -0.1) is 5.11 Å². The van der Waals surface area contributed by atoms with Crippen molar-refractivity contribution in [1.82, 2.24) is 0 Å². The van der Waals surface area contributed by atoms with Crippen molar-refractivity contribution >= 4 is 51.9 Å². The average Bonchev–Trinajstić information content (AvgIpc) is 2.52. The molecule has 0 bridgehead atoms. The van der Waals surface area contributed by atoms with Crippen molar-refractivity contribution in [2.75, 3.05) is 16.4 Å². The molecule has 0 aliphatic heterocycles. The molecule has 0 fully saturated rings. The van der Waals surface area contributed by atoms with Crippen LogP contribution in [0.1, 0.15) is 25.0 Å². The molecule has 2 aromatic carbocycles. The summed E-state index contributed by atoms with van der Waals surface area (Å²) in [6.45, 7) is 6.60. The van der Waals surface area contributed by atoms with E-state index in [1.165, 1.54) is 26.0 Å². The van der Waals surface area contributed by atoms with Crippen molar-refractivity contribution in [2.24, 2.45) is 10.2 Å². The summed E-state index contributed by atoms with van der Waals surface area (Å²) in [7, 11) is 0. The fraction of sp³-hybridized carbons (Fsp3) is 0.222. The highest BCUT2D eigenvalue weighted by Crippen LogP contribution is 2.35.